The smallest absolute Gasteiger partial charge is 0.337 e. The van der Waals surface area contributed by atoms with E-state index in [1.165, 1.54) is 29.4 Å². The van der Waals surface area contributed by atoms with Crippen LogP contribution in [0.3, 0.4) is 0 Å². The molecule has 0 aliphatic carbocycles. The summed E-state index contributed by atoms with van der Waals surface area (Å²) < 4.78 is 4.79. The maximum atomic E-state index is 11.6. The number of hydrogen-bond acceptors (Lipinski definition) is 2. The second kappa shape index (κ2) is 6.99. The molecule has 0 spiro atoms. The molecule has 0 atom stereocenters. The Morgan fingerprint density at radius 2 is 1.48 bits per heavy atom. The Bertz CT molecular complexity index is 679. The number of esters is 1. The summed E-state index contributed by atoms with van der Waals surface area (Å²) in [5, 5.41) is 0. The van der Waals surface area contributed by atoms with E-state index in [0.717, 1.165) is 12.8 Å². The largest absolute Gasteiger partial charge is 0.465 e. The SMILES string of the molecule is CCC(CC)(c1ccc(C(=O)OC)cc1)c1ccc(C)c(C)c1. The standard InChI is InChI=1S/C21H26O2/c1-6-21(7-2,19-11-8-15(3)16(4)14-19)18-12-9-17(10-13-18)20(22)23-5/h8-14H,6-7H2,1-5H3. The van der Waals surface area contributed by atoms with Gasteiger partial charge < -0.3 is 4.74 Å². The molecular weight excluding hydrogens is 284 g/mol. The molecule has 0 aliphatic rings. The van der Waals surface area contributed by atoms with E-state index in [4.69, 9.17) is 4.74 Å². The first-order valence-corrected chi connectivity index (χ1v) is 8.25. The van der Waals surface area contributed by atoms with Gasteiger partial charge in [0.25, 0.3) is 0 Å². The molecule has 0 saturated heterocycles. The summed E-state index contributed by atoms with van der Waals surface area (Å²) in [6.07, 6.45) is 2.03. The van der Waals surface area contributed by atoms with Crippen molar-refractivity contribution in [1.29, 1.82) is 0 Å². The van der Waals surface area contributed by atoms with Gasteiger partial charge in [-0.05, 0) is 61.1 Å². The molecule has 2 aromatic carbocycles. The van der Waals surface area contributed by atoms with Crippen molar-refractivity contribution in [1.82, 2.24) is 0 Å². The maximum Gasteiger partial charge on any atom is 0.337 e. The summed E-state index contributed by atoms with van der Waals surface area (Å²) in [7, 11) is 1.41. The summed E-state index contributed by atoms with van der Waals surface area (Å²) in [4.78, 5) is 11.6. The molecule has 2 aromatic rings. The second-order valence-electron chi connectivity index (χ2n) is 6.16. The molecule has 0 amide bonds. The van der Waals surface area contributed by atoms with Gasteiger partial charge in [0.05, 0.1) is 12.7 Å². The topological polar surface area (TPSA) is 26.3 Å². The van der Waals surface area contributed by atoms with Crippen LogP contribution in [-0.2, 0) is 10.2 Å². The van der Waals surface area contributed by atoms with E-state index in [-0.39, 0.29) is 11.4 Å². The van der Waals surface area contributed by atoms with Gasteiger partial charge in [-0.2, -0.15) is 0 Å². The van der Waals surface area contributed by atoms with Gasteiger partial charge in [0, 0.05) is 5.41 Å². The third-order valence-electron chi connectivity index (χ3n) is 5.13. The van der Waals surface area contributed by atoms with E-state index >= 15 is 0 Å². The molecule has 122 valence electrons. The van der Waals surface area contributed by atoms with Crippen LogP contribution >= 0.6 is 0 Å². The normalized spacial score (nSPS) is 11.3. The number of carbonyl (C=O) groups excluding carboxylic acids is 1. The maximum absolute atomic E-state index is 11.6. The quantitative estimate of drug-likeness (QED) is 0.710. The van der Waals surface area contributed by atoms with Crippen LogP contribution in [0.5, 0.6) is 0 Å². The van der Waals surface area contributed by atoms with Crippen molar-refractivity contribution in [2.75, 3.05) is 7.11 Å². The van der Waals surface area contributed by atoms with Gasteiger partial charge in [-0.25, -0.2) is 4.79 Å². The Hall–Kier alpha value is -2.09. The zero-order chi connectivity index (χ0) is 17.0. The van der Waals surface area contributed by atoms with Crippen molar-refractivity contribution >= 4 is 5.97 Å². The molecule has 0 unspecified atom stereocenters. The Morgan fingerprint density at radius 1 is 0.913 bits per heavy atom. The van der Waals surface area contributed by atoms with Gasteiger partial charge in [-0.15, -0.1) is 0 Å². The Balaban J connectivity index is 2.52. The van der Waals surface area contributed by atoms with Crippen LogP contribution in [0.25, 0.3) is 0 Å². The Morgan fingerprint density at radius 3 is 1.96 bits per heavy atom. The fourth-order valence-electron chi connectivity index (χ4n) is 3.32. The highest BCUT2D eigenvalue weighted by atomic mass is 16.5. The second-order valence-corrected chi connectivity index (χ2v) is 6.16. The average Bonchev–Trinajstić information content (AvgIpc) is 2.59. The first-order valence-electron chi connectivity index (χ1n) is 8.25. The molecule has 23 heavy (non-hydrogen) atoms. The summed E-state index contributed by atoms with van der Waals surface area (Å²) in [6.45, 7) is 8.76. The lowest BCUT2D eigenvalue weighted by Gasteiger charge is -2.34. The van der Waals surface area contributed by atoms with Crippen LogP contribution in [0.1, 0.15) is 59.3 Å². The van der Waals surface area contributed by atoms with E-state index in [2.05, 4.69) is 58.0 Å². The third-order valence-corrected chi connectivity index (χ3v) is 5.13. The fraction of sp³-hybridized carbons (Fsp3) is 0.381. The van der Waals surface area contributed by atoms with Crippen molar-refractivity contribution in [2.24, 2.45) is 0 Å². The van der Waals surface area contributed by atoms with E-state index in [9.17, 15) is 4.79 Å². The number of methoxy groups -OCH3 is 1. The monoisotopic (exact) mass is 310 g/mol. The number of aryl methyl sites for hydroxylation is 2. The number of carbonyl (C=O) groups is 1. The number of benzene rings is 2. The highest BCUT2D eigenvalue weighted by Crippen LogP contribution is 2.39. The van der Waals surface area contributed by atoms with Crippen molar-refractivity contribution in [3.05, 3.63) is 70.3 Å². The van der Waals surface area contributed by atoms with Crippen LogP contribution in [0.4, 0.5) is 0 Å². The van der Waals surface area contributed by atoms with Crippen molar-refractivity contribution in [3.63, 3.8) is 0 Å². The first-order chi connectivity index (χ1) is 11.0. The van der Waals surface area contributed by atoms with Gasteiger partial charge >= 0.3 is 5.97 Å². The molecule has 0 heterocycles. The molecule has 0 aliphatic heterocycles. The van der Waals surface area contributed by atoms with Crippen LogP contribution in [-0.4, -0.2) is 13.1 Å². The lowest BCUT2D eigenvalue weighted by atomic mass is 9.70. The Labute approximate surface area is 139 Å². The van der Waals surface area contributed by atoms with Crippen LogP contribution in [0, 0.1) is 13.8 Å². The van der Waals surface area contributed by atoms with Crippen molar-refractivity contribution in [3.8, 4) is 0 Å². The zero-order valence-electron chi connectivity index (χ0n) is 14.8. The van der Waals surface area contributed by atoms with Crippen molar-refractivity contribution < 1.29 is 9.53 Å². The minimum absolute atomic E-state index is 0.0207. The lowest BCUT2D eigenvalue weighted by molar-refractivity contribution is 0.0600. The molecule has 0 saturated carbocycles. The van der Waals surface area contributed by atoms with Gasteiger partial charge in [0.1, 0.15) is 0 Å². The van der Waals surface area contributed by atoms with Crippen LogP contribution in [0.2, 0.25) is 0 Å². The molecule has 2 rings (SSSR count). The minimum atomic E-state index is -0.290. The molecule has 2 heteroatoms. The molecular formula is C21H26O2. The van der Waals surface area contributed by atoms with Crippen LogP contribution in [0.15, 0.2) is 42.5 Å². The number of rotatable bonds is 5. The summed E-state index contributed by atoms with van der Waals surface area (Å²) in [5.41, 5.74) is 5.80. The molecule has 2 nitrogen and oxygen atoms in total. The average molecular weight is 310 g/mol. The highest BCUT2D eigenvalue weighted by Gasteiger charge is 2.30. The lowest BCUT2D eigenvalue weighted by Crippen LogP contribution is -2.26. The minimum Gasteiger partial charge on any atom is -0.465 e. The zero-order valence-corrected chi connectivity index (χ0v) is 14.8. The van der Waals surface area contributed by atoms with E-state index in [0.29, 0.717) is 5.56 Å². The fourth-order valence-corrected chi connectivity index (χ4v) is 3.32. The summed E-state index contributed by atoms with van der Waals surface area (Å²) in [5.74, 6) is -0.290. The Kier molecular flexibility index (Phi) is 5.25. The molecule has 0 fully saturated rings. The van der Waals surface area contributed by atoms with E-state index < -0.39 is 0 Å². The predicted octanol–water partition coefficient (Wildman–Crippen LogP) is 5.20. The van der Waals surface area contributed by atoms with E-state index in [1.54, 1.807) is 0 Å². The van der Waals surface area contributed by atoms with E-state index in [1.807, 2.05) is 12.1 Å². The molecule has 0 bridgehead atoms. The van der Waals surface area contributed by atoms with Crippen LogP contribution < -0.4 is 0 Å². The van der Waals surface area contributed by atoms with Gasteiger partial charge in [-0.3, -0.25) is 0 Å². The number of hydrogen-bond donors (Lipinski definition) is 0. The third kappa shape index (κ3) is 3.17. The highest BCUT2D eigenvalue weighted by molar-refractivity contribution is 5.89. The van der Waals surface area contributed by atoms with Gasteiger partial charge in [0.15, 0.2) is 0 Å². The van der Waals surface area contributed by atoms with Gasteiger partial charge in [0.2, 0.25) is 0 Å². The molecule has 0 radical (unpaired) electrons. The predicted molar refractivity (Wildman–Crippen MR) is 95.1 cm³/mol. The van der Waals surface area contributed by atoms with Gasteiger partial charge in [-0.1, -0.05) is 44.2 Å². The molecule has 0 N–H and O–H groups in total. The first kappa shape index (κ1) is 17.3. The number of ether oxygens (including phenoxy) is 1. The summed E-state index contributed by atoms with van der Waals surface area (Å²) in [6, 6.07) is 14.6. The summed E-state index contributed by atoms with van der Waals surface area (Å²) >= 11 is 0. The molecule has 0 aromatic heterocycles. The van der Waals surface area contributed by atoms with Crippen molar-refractivity contribution in [2.45, 2.75) is 46.0 Å².